The molecule has 0 aromatic heterocycles. The van der Waals surface area contributed by atoms with Crippen LogP contribution in [0.15, 0.2) is 42.5 Å². The van der Waals surface area contributed by atoms with Gasteiger partial charge in [0.15, 0.2) is 17.4 Å². The molecule has 0 N–H and O–H groups in total. The zero-order valence-electron chi connectivity index (χ0n) is 15.0. The zero-order valence-corrected chi connectivity index (χ0v) is 15.0. The third-order valence-electron chi connectivity index (χ3n) is 4.83. The Balaban J connectivity index is 1.49. The molecular weight excluding hydrogens is 379 g/mol. The van der Waals surface area contributed by atoms with Crippen LogP contribution in [0.1, 0.15) is 22.3 Å². The zero-order chi connectivity index (χ0) is 20.3. The van der Waals surface area contributed by atoms with Gasteiger partial charge in [0.25, 0.3) is 0 Å². The Bertz CT molecular complexity index is 827. The van der Waals surface area contributed by atoms with Crippen molar-refractivity contribution >= 4 is 11.5 Å². The first-order valence-electron chi connectivity index (χ1n) is 8.87. The van der Waals surface area contributed by atoms with Gasteiger partial charge in [-0.2, -0.15) is 13.2 Å². The lowest BCUT2D eigenvalue weighted by molar-refractivity contribution is -0.137. The molecule has 0 atom stereocenters. The molecule has 2 aromatic carbocycles. The molecule has 28 heavy (non-hydrogen) atoms. The van der Waals surface area contributed by atoms with Crippen molar-refractivity contribution in [2.75, 3.05) is 37.6 Å². The number of piperazine rings is 1. The van der Waals surface area contributed by atoms with Crippen molar-refractivity contribution < 1.29 is 26.7 Å². The fourth-order valence-corrected chi connectivity index (χ4v) is 3.16. The number of rotatable bonds is 5. The molecule has 1 aliphatic heterocycles. The fourth-order valence-electron chi connectivity index (χ4n) is 3.16. The van der Waals surface area contributed by atoms with Crippen LogP contribution in [0.5, 0.6) is 0 Å². The number of halogens is 5. The summed E-state index contributed by atoms with van der Waals surface area (Å²) in [6.07, 6.45) is -4.16. The van der Waals surface area contributed by atoms with Crippen LogP contribution in [0, 0.1) is 11.6 Å². The minimum absolute atomic E-state index is 0.141. The summed E-state index contributed by atoms with van der Waals surface area (Å²) in [5, 5.41) is 0. The Morgan fingerprint density at radius 3 is 2.11 bits per heavy atom. The third kappa shape index (κ3) is 4.86. The average Bonchev–Trinajstić information content (AvgIpc) is 2.68. The van der Waals surface area contributed by atoms with Gasteiger partial charge in [-0.1, -0.05) is 0 Å². The van der Waals surface area contributed by atoms with E-state index in [1.165, 1.54) is 18.2 Å². The van der Waals surface area contributed by atoms with E-state index < -0.39 is 23.4 Å². The fraction of sp³-hybridized carbons (Fsp3) is 0.350. The van der Waals surface area contributed by atoms with Crippen LogP contribution in [0.2, 0.25) is 0 Å². The van der Waals surface area contributed by atoms with Gasteiger partial charge in [0.05, 0.1) is 5.56 Å². The molecule has 2 aromatic rings. The number of benzene rings is 2. The normalized spacial score (nSPS) is 15.7. The molecule has 8 heteroatoms. The Morgan fingerprint density at radius 2 is 1.54 bits per heavy atom. The van der Waals surface area contributed by atoms with Crippen molar-refractivity contribution in [1.82, 2.24) is 4.90 Å². The van der Waals surface area contributed by atoms with E-state index in [-0.39, 0.29) is 17.8 Å². The second-order valence-electron chi connectivity index (χ2n) is 6.68. The summed E-state index contributed by atoms with van der Waals surface area (Å²) < 4.78 is 64.1. The number of nitrogens with zero attached hydrogens (tertiary/aromatic N) is 2. The molecule has 0 spiro atoms. The minimum atomic E-state index is -4.35. The molecule has 0 unspecified atom stereocenters. The summed E-state index contributed by atoms with van der Waals surface area (Å²) in [4.78, 5) is 16.2. The van der Waals surface area contributed by atoms with Gasteiger partial charge in [0, 0.05) is 50.4 Å². The predicted octanol–water partition coefficient (Wildman–Crippen LogP) is 4.38. The quantitative estimate of drug-likeness (QED) is 0.552. The van der Waals surface area contributed by atoms with Crippen LogP contribution in [-0.2, 0) is 6.18 Å². The van der Waals surface area contributed by atoms with Gasteiger partial charge in [-0.05, 0) is 42.5 Å². The van der Waals surface area contributed by atoms with Crippen LogP contribution < -0.4 is 4.90 Å². The smallest absolute Gasteiger partial charge is 0.369 e. The molecule has 1 heterocycles. The van der Waals surface area contributed by atoms with Crippen molar-refractivity contribution in [3.63, 3.8) is 0 Å². The Morgan fingerprint density at radius 1 is 0.893 bits per heavy atom. The molecule has 3 rings (SSSR count). The summed E-state index contributed by atoms with van der Waals surface area (Å²) >= 11 is 0. The standard InChI is InChI=1S/C20H19F5N2O/c21-17-6-1-14(13-18(17)22)19(28)7-8-26-9-11-27(12-10-26)16-4-2-15(3-5-16)20(23,24)25/h1-6,13H,7-12H2. The maximum atomic E-state index is 13.2. The molecule has 0 bridgehead atoms. The van der Waals surface area contributed by atoms with Gasteiger partial charge in [0.2, 0.25) is 0 Å². The molecule has 150 valence electrons. The van der Waals surface area contributed by atoms with Crippen LogP contribution in [0.3, 0.4) is 0 Å². The highest BCUT2D eigenvalue weighted by Gasteiger charge is 2.30. The Kier molecular flexibility index (Phi) is 5.98. The largest absolute Gasteiger partial charge is 0.416 e. The first-order valence-corrected chi connectivity index (χ1v) is 8.87. The highest BCUT2D eigenvalue weighted by Crippen LogP contribution is 2.30. The van der Waals surface area contributed by atoms with E-state index in [0.717, 1.165) is 30.0 Å². The van der Waals surface area contributed by atoms with Crippen molar-refractivity contribution in [3.8, 4) is 0 Å². The number of hydrogen-bond acceptors (Lipinski definition) is 3. The van der Waals surface area contributed by atoms with Gasteiger partial charge in [0.1, 0.15) is 0 Å². The number of alkyl halides is 3. The monoisotopic (exact) mass is 398 g/mol. The molecule has 3 nitrogen and oxygen atoms in total. The summed E-state index contributed by atoms with van der Waals surface area (Å²) in [7, 11) is 0. The van der Waals surface area contributed by atoms with E-state index in [1.54, 1.807) is 0 Å². The van der Waals surface area contributed by atoms with Crippen molar-refractivity contribution in [2.24, 2.45) is 0 Å². The van der Waals surface area contributed by atoms with Gasteiger partial charge in [-0.25, -0.2) is 8.78 Å². The first-order chi connectivity index (χ1) is 13.2. The lowest BCUT2D eigenvalue weighted by atomic mass is 10.1. The summed E-state index contributed by atoms with van der Waals surface area (Å²) in [6.45, 7) is 3.06. The molecule has 0 amide bonds. The second-order valence-corrected chi connectivity index (χ2v) is 6.68. The lowest BCUT2D eigenvalue weighted by Gasteiger charge is -2.36. The molecule has 1 aliphatic rings. The van der Waals surface area contributed by atoms with E-state index in [4.69, 9.17) is 0 Å². The van der Waals surface area contributed by atoms with Gasteiger partial charge < -0.3 is 4.90 Å². The number of Topliss-reactive ketones (excluding diaryl/α,β-unsaturated/α-hetero) is 1. The summed E-state index contributed by atoms with van der Waals surface area (Å²) in [5.74, 6) is -2.30. The number of carbonyl (C=O) groups is 1. The van der Waals surface area contributed by atoms with Crippen LogP contribution in [-0.4, -0.2) is 43.4 Å². The molecular formula is C20H19F5N2O. The lowest BCUT2D eigenvalue weighted by Crippen LogP contribution is -2.46. The SMILES string of the molecule is O=C(CCN1CCN(c2ccc(C(F)(F)F)cc2)CC1)c1ccc(F)c(F)c1. The van der Waals surface area contributed by atoms with E-state index in [1.807, 2.05) is 4.90 Å². The minimum Gasteiger partial charge on any atom is -0.369 e. The summed E-state index contributed by atoms with van der Waals surface area (Å²) in [6, 6.07) is 8.18. The van der Waals surface area contributed by atoms with E-state index in [9.17, 15) is 26.7 Å². The van der Waals surface area contributed by atoms with Crippen molar-refractivity contribution in [2.45, 2.75) is 12.6 Å². The molecule has 1 saturated heterocycles. The number of anilines is 1. The van der Waals surface area contributed by atoms with Crippen LogP contribution in [0.25, 0.3) is 0 Å². The Hall–Kier alpha value is -2.48. The predicted molar refractivity (Wildman–Crippen MR) is 95.4 cm³/mol. The number of carbonyl (C=O) groups excluding carboxylic acids is 1. The second kappa shape index (κ2) is 8.26. The van der Waals surface area contributed by atoms with E-state index in [2.05, 4.69) is 4.90 Å². The van der Waals surface area contributed by atoms with Crippen LogP contribution >= 0.6 is 0 Å². The molecule has 0 aliphatic carbocycles. The molecule has 0 radical (unpaired) electrons. The third-order valence-corrected chi connectivity index (χ3v) is 4.83. The maximum absolute atomic E-state index is 13.2. The Labute approximate surface area is 159 Å². The highest BCUT2D eigenvalue weighted by molar-refractivity contribution is 5.96. The average molecular weight is 398 g/mol. The molecule has 1 fully saturated rings. The van der Waals surface area contributed by atoms with Crippen molar-refractivity contribution in [1.29, 1.82) is 0 Å². The summed E-state index contributed by atoms with van der Waals surface area (Å²) in [5.41, 5.74) is 0.193. The number of hydrogen-bond donors (Lipinski definition) is 0. The maximum Gasteiger partial charge on any atom is 0.416 e. The van der Waals surface area contributed by atoms with Crippen LogP contribution in [0.4, 0.5) is 27.6 Å². The molecule has 0 saturated carbocycles. The number of ketones is 1. The van der Waals surface area contributed by atoms with Gasteiger partial charge in [-0.15, -0.1) is 0 Å². The van der Waals surface area contributed by atoms with E-state index in [0.29, 0.717) is 32.7 Å². The van der Waals surface area contributed by atoms with E-state index >= 15 is 0 Å². The topological polar surface area (TPSA) is 23.6 Å². The van der Waals surface area contributed by atoms with Gasteiger partial charge >= 0.3 is 6.18 Å². The van der Waals surface area contributed by atoms with Gasteiger partial charge in [-0.3, -0.25) is 9.69 Å². The van der Waals surface area contributed by atoms with Crippen molar-refractivity contribution in [3.05, 3.63) is 65.2 Å². The highest BCUT2D eigenvalue weighted by atomic mass is 19.4. The first kappa shape index (κ1) is 20.3.